The zero-order valence-electron chi connectivity index (χ0n) is 9.09. The van der Waals surface area contributed by atoms with E-state index in [1.807, 2.05) is 4.57 Å². The summed E-state index contributed by atoms with van der Waals surface area (Å²) in [5.41, 5.74) is 0.668. The van der Waals surface area contributed by atoms with E-state index in [1.165, 1.54) is 12.8 Å². The van der Waals surface area contributed by atoms with E-state index >= 15 is 0 Å². The Balaban J connectivity index is 1.88. The van der Waals surface area contributed by atoms with Crippen molar-refractivity contribution in [2.24, 2.45) is 0 Å². The van der Waals surface area contributed by atoms with Crippen LogP contribution in [0.25, 0.3) is 0 Å². The lowest BCUT2D eigenvalue weighted by Crippen LogP contribution is -2.29. The first-order chi connectivity index (χ1) is 7.35. The molecule has 0 aromatic carbocycles. The van der Waals surface area contributed by atoms with Crippen LogP contribution >= 0.6 is 0 Å². The average molecular weight is 207 g/mol. The monoisotopic (exact) mass is 207 g/mol. The predicted molar refractivity (Wildman–Crippen MR) is 57.9 cm³/mol. The molecule has 0 amide bonds. The number of hydrogen-bond acceptors (Lipinski definition) is 3. The minimum Gasteiger partial charge on any atom is -0.327 e. The summed E-state index contributed by atoms with van der Waals surface area (Å²) in [4.78, 5) is 17.1. The molecule has 0 aliphatic heterocycles. The Bertz CT molecular complexity index is 330. The molecule has 4 nitrogen and oxygen atoms in total. The molecule has 2 rings (SSSR count). The summed E-state index contributed by atoms with van der Waals surface area (Å²) in [6, 6.07) is 0.790. The van der Waals surface area contributed by atoms with E-state index in [0.717, 1.165) is 32.0 Å². The van der Waals surface area contributed by atoms with Crippen LogP contribution in [0.1, 0.15) is 30.3 Å². The quantitative estimate of drug-likeness (QED) is 0.657. The average Bonchev–Trinajstić information content (AvgIpc) is 2.98. The minimum absolute atomic E-state index is 0.668. The van der Waals surface area contributed by atoms with Crippen LogP contribution in [0.2, 0.25) is 0 Å². The Morgan fingerprint density at radius 1 is 1.67 bits per heavy atom. The van der Waals surface area contributed by atoms with Gasteiger partial charge >= 0.3 is 0 Å². The number of imidazole rings is 1. The van der Waals surface area contributed by atoms with Crippen molar-refractivity contribution in [1.82, 2.24) is 14.5 Å². The van der Waals surface area contributed by atoms with Gasteiger partial charge < -0.3 is 4.57 Å². The van der Waals surface area contributed by atoms with E-state index in [1.54, 1.807) is 12.5 Å². The second kappa shape index (κ2) is 4.57. The summed E-state index contributed by atoms with van der Waals surface area (Å²) < 4.78 is 1.91. The topological polar surface area (TPSA) is 38.1 Å². The first-order valence-electron chi connectivity index (χ1n) is 5.54. The van der Waals surface area contributed by atoms with Gasteiger partial charge in [-0.1, -0.05) is 6.92 Å². The Morgan fingerprint density at radius 2 is 2.47 bits per heavy atom. The Morgan fingerprint density at radius 3 is 3.07 bits per heavy atom. The van der Waals surface area contributed by atoms with Gasteiger partial charge in [-0.25, -0.2) is 4.98 Å². The third-order valence-electron chi connectivity index (χ3n) is 2.96. The van der Waals surface area contributed by atoms with Gasteiger partial charge in [0.2, 0.25) is 0 Å². The molecule has 0 saturated heterocycles. The van der Waals surface area contributed by atoms with Crippen LogP contribution in [-0.2, 0) is 6.54 Å². The molecule has 1 fully saturated rings. The van der Waals surface area contributed by atoms with Crippen molar-refractivity contribution in [3.05, 3.63) is 18.2 Å². The van der Waals surface area contributed by atoms with Crippen molar-refractivity contribution in [2.45, 2.75) is 32.4 Å². The highest BCUT2D eigenvalue weighted by molar-refractivity contribution is 5.71. The van der Waals surface area contributed by atoms with Crippen LogP contribution < -0.4 is 0 Å². The summed E-state index contributed by atoms with van der Waals surface area (Å²) in [7, 11) is 0. The fraction of sp³-hybridized carbons (Fsp3) is 0.636. The van der Waals surface area contributed by atoms with Gasteiger partial charge in [0.05, 0.1) is 12.5 Å². The van der Waals surface area contributed by atoms with E-state index in [9.17, 15) is 4.79 Å². The highest BCUT2D eigenvalue weighted by Crippen LogP contribution is 2.26. The van der Waals surface area contributed by atoms with Crippen LogP contribution in [0.5, 0.6) is 0 Å². The number of rotatable bonds is 6. The number of likely N-dealkylation sites (N-methyl/N-ethyl adjacent to an activating group) is 1. The van der Waals surface area contributed by atoms with Crippen molar-refractivity contribution >= 4 is 6.29 Å². The maximum absolute atomic E-state index is 10.7. The molecule has 1 aromatic heterocycles. The molecular formula is C11H17N3O. The largest absolute Gasteiger partial charge is 0.327 e. The predicted octanol–water partition coefficient (Wildman–Crippen LogP) is 1.18. The molecule has 0 atom stereocenters. The summed E-state index contributed by atoms with van der Waals surface area (Å²) in [5.74, 6) is 0. The zero-order chi connectivity index (χ0) is 10.7. The summed E-state index contributed by atoms with van der Waals surface area (Å²) >= 11 is 0. The van der Waals surface area contributed by atoms with E-state index in [-0.39, 0.29) is 0 Å². The van der Waals surface area contributed by atoms with Gasteiger partial charge in [-0.05, 0) is 19.4 Å². The summed E-state index contributed by atoms with van der Waals surface area (Å²) in [6.45, 7) is 5.15. The maximum Gasteiger partial charge on any atom is 0.168 e. The van der Waals surface area contributed by atoms with Gasteiger partial charge in [0.15, 0.2) is 6.29 Å². The van der Waals surface area contributed by atoms with Crippen LogP contribution in [0, 0.1) is 0 Å². The molecule has 1 saturated carbocycles. The highest BCUT2D eigenvalue weighted by Gasteiger charge is 2.27. The lowest BCUT2D eigenvalue weighted by molar-refractivity contribution is 0.111. The van der Waals surface area contributed by atoms with Crippen molar-refractivity contribution in [2.75, 3.05) is 13.1 Å². The molecule has 15 heavy (non-hydrogen) atoms. The number of aldehydes is 1. The number of carbonyl (C=O) groups is 1. The lowest BCUT2D eigenvalue weighted by Gasteiger charge is -2.19. The molecule has 0 bridgehead atoms. The third kappa shape index (κ3) is 2.45. The molecule has 0 unspecified atom stereocenters. The molecule has 1 aromatic rings. The maximum atomic E-state index is 10.7. The third-order valence-corrected chi connectivity index (χ3v) is 2.96. The molecule has 1 heterocycles. The first kappa shape index (κ1) is 10.4. The van der Waals surface area contributed by atoms with Crippen LogP contribution in [0.3, 0.4) is 0 Å². The standard InChI is InChI=1S/C11H17N3O/c1-2-13(10-3-4-10)5-6-14-9-12-7-11(14)8-15/h7-10H,2-6H2,1H3. The molecule has 0 N–H and O–H groups in total. The molecule has 1 aliphatic rings. The van der Waals surface area contributed by atoms with Crippen LogP contribution in [0.4, 0.5) is 0 Å². The van der Waals surface area contributed by atoms with Gasteiger partial charge in [0.1, 0.15) is 5.69 Å². The Kier molecular flexibility index (Phi) is 3.16. The van der Waals surface area contributed by atoms with Crippen molar-refractivity contribution in [1.29, 1.82) is 0 Å². The SMILES string of the molecule is CCN(CCn1cncc1C=O)C1CC1. The van der Waals surface area contributed by atoms with E-state index in [4.69, 9.17) is 0 Å². The number of aromatic nitrogens is 2. The smallest absolute Gasteiger partial charge is 0.168 e. The highest BCUT2D eigenvalue weighted by atomic mass is 16.1. The van der Waals surface area contributed by atoms with Gasteiger partial charge in [-0.3, -0.25) is 9.69 Å². The number of hydrogen-bond donors (Lipinski definition) is 0. The van der Waals surface area contributed by atoms with Crippen molar-refractivity contribution in [3.63, 3.8) is 0 Å². The Hall–Kier alpha value is -1.16. The summed E-state index contributed by atoms with van der Waals surface area (Å²) in [6.07, 6.45) is 6.86. The molecule has 82 valence electrons. The molecule has 0 radical (unpaired) electrons. The van der Waals surface area contributed by atoms with Crippen molar-refractivity contribution in [3.8, 4) is 0 Å². The normalized spacial score (nSPS) is 15.9. The van der Waals surface area contributed by atoms with Gasteiger partial charge in [0.25, 0.3) is 0 Å². The van der Waals surface area contributed by atoms with Gasteiger partial charge in [-0.15, -0.1) is 0 Å². The van der Waals surface area contributed by atoms with Crippen molar-refractivity contribution < 1.29 is 4.79 Å². The van der Waals surface area contributed by atoms with E-state index < -0.39 is 0 Å². The Labute approximate surface area is 89.9 Å². The van der Waals surface area contributed by atoms with Crippen LogP contribution in [0.15, 0.2) is 12.5 Å². The fourth-order valence-corrected chi connectivity index (χ4v) is 1.89. The molecule has 0 spiro atoms. The second-order valence-corrected chi connectivity index (χ2v) is 3.99. The van der Waals surface area contributed by atoms with E-state index in [2.05, 4.69) is 16.8 Å². The molecule has 1 aliphatic carbocycles. The van der Waals surface area contributed by atoms with Crippen LogP contribution in [-0.4, -0.2) is 39.9 Å². The minimum atomic E-state index is 0.668. The fourth-order valence-electron chi connectivity index (χ4n) is 1.89. The summed E-state index contributed by atoms with van der Waals surface area (Å²) in [5, 5.41) is 0. The first-order valence-corrected chi connectivity index (χ1v) is 5.54. The number of carbonyl (C=O) groups excluding carboxylic acids is 1. The molecule has 4 heteroatoms. The lowest BCUT2D eigenvalue weighted by atomic mass is 10.4. The second-order valence-electron chi connectivity index (χ2n) is 3.99. The van der Waals surface area contributed by atoms with Gasteiger partial charge in [-0.2, -0.15) is 0 Å². The molecular weight excluding hydrogens is 190 g/mol. The zero-order valence-corrected chi connectivity index (χ0v) is 9.09. The number of nitrogens with zero attached hydrogens (tertiary/aromatic N) is 3. The van der Waals surface area contributed by atoms with E-state index in [0.29, 0.717) is 5.69 Å². The van der Waals surface area contributed by atoms with Gasteiger partial charge in [0, 0.05) is 19.1 Å².